The smallest absolute Gasteiger partial charge is 0.333 e. The fourth-order valence-electron chi connectivity index (χ4n) is 1.45. The van der Waals surface area contributed by atoms with Crippen LogP contribution in [0.5, 0.6) is 0 Å². The van der Waals surface area contributed by atoms with E-state index < -0.39 is 36.4 Å². The molecule has 0 aromatic carbocycles. The Hall–Kier alpha value is -1.71. The lowest BCUT2D eigenvalue weighted by molar-refractivity contribution is -0.166. The van der Waals surface area contributed by atoms with E-state index in [-0.39, 0.29) is 19.8 Å². The summed E-state index contributed by atoms with van der Waals surface area (Å²) in [6.07, 6.45) is 0.382. The molecule has 2 unspecified atom stereocenters. The van der Waals surface area contributed by atoms with E-state index in [0.29, 0.717) is 6.42 Å². The molecule has 9 nitrogen and oxygen atoms in total. The first-order chi connectivity index (χ1) is 10.8. The number of aliphatic carboxylic acids is 3. The molecule has 0 spiro atoms. The van der Waals surface area contributed by atoms with Gasteiger partial charge in [0.15, 0.2) is 6.10 Å². The summed E-state index contributed by atoms with van der Waals surface area (Å²) in [7, 11) is 0. The predicted molar refractivity (Wildman–Crippen MR) is 79.1 cm³/mol. The number of carboxylic acids is 3. The van der Waals surface area contributed by atoms with Crippen LogP contribution in [0.1, 0.15) is 39.0 Å². The molecule has 0 aliphatic heterocycles. The van der Waals surface area contributed by atoms with E-state index in [0.717, 1.165) is 19.3 Å². The summed E-state index contributed by atoms with van der Waals surface area (Å²) in [5.74, 6) is -5.91. The molecule has 5 N–H and O–H groups in total. The van der Waals surface area contributed by atoms with E-state index in [4.69, 9.17) is 30.3 Å². The molecule has 0 saturated heterocycles. The molecule has 9 heteroatoms. The van der Waals surface area contributed by atoms with Crippen molar-refractivity contribution in [3.63, 3.8) is 0 Å². The number of aliphatic hydroxyl groups excluding tert-OH is 2. The van der Waals surface area contributed by atoms with Crippen LogP contribution in [-0.2, 0) is 19.1 Å². The normalized spacial score (nSPS) is 12.7. The lowest BCUT2D eigenvalue weighted by atomic mass is 9.98. The average molecular weight is 338 g/mol. The van der Waals surface area contributed by atoms with Gasteiger partial charge in [0.05, 0.1) is 6.42 Å². The van der Waals surface area contributed by atoms with E-state index in [2.05, 4.69) is 0 Å². The van der Waals surface area contributed by atoms with Crippen LogP contribution in [0.4, 0.5) is 0 Å². The highest BCUT2D eigenvalue weighted by molar-refractivity contribution is 5.85. The van der Waals surface area contributed by atoms with Crippen molar-refractivity contribution in [3.8, 4) is 0 Å². The van der Waals surface area contributed by atoms with Crippen LogP contribution in [0.25, 0.3) is 0 Å². The topological polar surface area (TPSA) is 162 Å². The lowest BCUT2D eigenvalue weighted by Gasteiger charge is -2.19. The first kappa shape index (κ1) is 23.6. The van der Waals surface area contributed by atoms with Crippen LogP contribution in [0.15, 0.2) is 0 Å². The monoisotopic (exact) mass is 338 g/mol. The Morgan fingerprint density at radius 3 is 1.74 bits per heavy atom. The minimum Gasteiger partial charge on any atom is -0.481 e. The Morgan fingerprint density at radius 1 is 0.913 bits per heavy atom. The summed E-state index contributed by atoms with van der Waals surface area (Å²) in [5, 5.41) is 42.3. The van der Waals surface area contributed by atoms with E-state index in [1.54, 1.807) is 0 Å². The van der Waals surface area contributed by atoms with Gasteiger partial charge >= 0.3 is 17.9 Å². The molecule has 0 aromatic heterocycles. The third kappa shape index (κ3) is 13.7. The molecule has 23 heavy (non-hydrogen) atoms. The molecular weight excluding hydrogens is 312 g/mol. The summed E-state index contributed by atoms with van der Waals surface area (Å²) >= 11 is 0. The van der Waals surface area contributed by atoms with Crippen molar-refractivity contribution in [2.45, 2.75) is 45.1 Å². The number of hydrogen-bond acceptors (Lipinski definition) is 6. The van der Waals surface area contributed by atoms with Crippen LogP contribution < -0.4 is 0 Å². The van der Waals surface area contributed by atoms with Crippen LogP contribution in [0, 0.1) is 5.92 Å². The molecule has 2 atom stereocenters. The molecule has 0 saturated carbocycles. The van der Waals surface area contributed by atoms with Gasteiger partial charge in [0.1, 0.15) is 5.92 Å². The van der Waals surface area contributed by atoms with Gasteiger partial charge in [-0.3, -0.25) is 9.59 Å². The standard InChI is InChI=1S/C10H16O7.C4H10O2/c1-2-3-4-17-8(10(15)16)6(9(13)14)5-7(11)12;5-3-1-2-4-6/h6,8H,2-5H2,1H3,(H,11,12)(H,13,14)(H,15,16);5-6H,1-4H2. The average Bonchev–Trinajstić information content (AvgIpc) is 2.47. The first-order valence-corrected chi connectivity index (χ1v) is 7.32. The van der Waals surface area contributed by atoms with Crippen molar-refractivity contribution in [2.24, 2.45) is 5.92 Å². The maximum atomic E-state index is 10.8. The zero-order valence-corrected chi connectivity index (χ0v) is 13.2. The number of ether oxygens (including phenoxy) is 1. The summed E-state index contributed by atoms with van der Waals surface area (Å²) in [5.41, 5.74) is 0. The van der Waals surface area contributed by atoms with Crippen molar-refractivity contribution >= 4 is 17.9 Å². The number of carbonyl (C=O) groups is 3. The van der Waals surface area contributed by atoms with Gasteiger partial charge in [0.25, 0.3) is 0 Å². The van der Waals surface area contributed by atoms with E-state index in [1.807, 2.05) is 6.92 Å². The molecule has 0 aliphatic carbocycles. The van der Waals surface area contributed by atoms with Gasteiger partial charge in [-0.1, -0.05) is 13.3 Å². The number of hydrogen-bond donors (Lipinski definition) is 5. The minimum absolute atomic E-state index is 0.0941. The molecule has 0 bridgehead atoms. The molecular formula is C14H26O9. The van der Waals surface area contributed by atoms with E-state index in [1.165, 1.54) is 0 Å². The van der Waals surface area contributed by atoms with Crippen LogP contribution in [0.3, 0.4) is 0 Å². The zero-order chi connectivity index (χ0) is 18.3. The fraction of sp³-hybridized carbons (Fsp3) is 0.786. The second-order valence-corrected chi connectivity index (χ2v) is 4.68. The quantitative estimate of drug-likeness (QED) is 0.312. The van der Waals surface area contributed by atoms with Gasteiger partial charge in [-0.05, 0) is 19.3 Å². The van der Waals surface area contributed by atoms with Crippen LogP contribution in [-0.4, -0.2) is 69.4 Å². The Labute approximate surface area is 134 Å². The maximum Gasteiger partial charge on any atom is 0.333 e. The SMILES string of the molecule is CCCCOC(C(=O)O)C(CC(=O)O)C(=O)O.OCCCCO. The number of aliphatic hydroxyl groups is 2. The van der Waals surface area contributed by atoms with Gasteiger partial charge < -0.3 is 30.3 Å². The molecule has 0 rings (SSSR count). The fourth-order valence-corrected chi connectivity index (χ4v) is 1.45. The molecule has 0 aliphatic rings. The van der Waals surface area contributed by atoms with E-state index in [9.17, 15) is 14.4 Å². The second kappa shape index (κ2) is 15.2. The summed E-state index contributed by atoms with van der Waals surface area (Å²) < 4.78 is 4.92. The Kier molecular flexibility index (Phi) is 15.6. The van der Waals surface area contributed by atoms with Gasteiger partial charge in [-0.15, -0.1) is 0 Å². The van der Waals surface area contributed by atoms with Crippen molar-refractivity contribution in [1.29, 1.82) is 0 Å². The number of unbranched alkanes of at least 4 members (excludes halogenated alkanes) is 2. The van der Waals surface area contributed by atoms with Crippen LogP contribution in [0.2, 0.25) is 0 Å². The van der Waals surface area contributed by atoms with Gasteiger partial charge in [-0.2, -0.15) is 0 Å². The number of carboxylic acid groups (broad SMARTS) is 3. The third-order valence-electron chi connectivity index (χ3n) is 2.68. The molecule has 0 heterocycles. The van der Waals surface area contributed by atoms with Gasteiger partial charge in [-0.25, -0.2) is 4.79 Å². The number of rotatable bonds is 12. The highest BCUT2D eigenvalue weighted by Crippen LogP contribution is 2.14. The van der Waals surface area contributed by atoms with Crippen molar-refractivity contribution in [3.05, 3.63) is 0 Å². The summed E-state index contributed by atoms with van der Waals surface area (Å²) in [4.78, 5) is 32.1. The van der Waals surface area contributed by atoms with Crippen molar-refractivity contribution < 1.29 is 44.7 Å². The molecule has 136 valence electrons. The minimum atomic E-state index is -1.63. The van der Waals surface area contributed by atoms with Gasteiger partial charge in [0.2, 0.25) is 0 Å². The highest BCUT2D eigenvalue weighted by Gasteiger charge is 2.36. The Balaban J connectivity index is 0. The van der Waals surface area contributed by atoms with Gasteiger partial charge in [0, 0.05) is 19.8 Å². The molecule has 0 amide bonds. The van der Waals surface area contributed by atoms with Crippen molar-refractivity contribution in [2.75, 3.05) is 19.8 Å². The Morgan fingerprint density at radius 2 is 1.43 bits per heavy atom. The Bertz CT molecular complexity index is 339. The molecule has 0 aromatic rings. The van der Waals surface area contributed by atoms with Crippen LogP contribution >= 0.6 is 0 Å². The third-order valence-corrected chi connectivity index (χ3v) is 2.68. The molecule has 0 radical (unpaired) electrons. The highest BCUT2D eigenvalue weighted by atomic mass is 16.5. The summed E-state index contributed by atoms with van der Waals surface area (Å²) in [6, 6.07) is 0. The first-order valence-electron chi connectivity index (χ1n) is 7.32. The maximum absolute atomic E-state index is 10.8. The zero-order valence-electron chi connectivity index (χ0n) is 13.2. The lowest BCUT2D eigenvalue weighted by Crippen LogP contribution is -2.38. The predicted octanol–water partition coefficient (Wildman–Crippen LogP) is 0.183. The van der Waals surface area contributed by atoms with E-state index >= 15 is 0 Å². The molecule has 0 fully saturated rings. The van der Waals surface area contributed by atoms with Crippen molar-refractivity contribution in [1.82, 2.24) is 0 Å². The summed E-state index contributed by atoms with van der Waals surface area (Å²) in [6.45, 7) is 2.35. The largest absolute Gasteiger partial charge is 0.481 e. The second-order valence-electron chi connectivity index (χ2n) is 4.68.